The Balaban J connectivity index is 1.35. The number of piperidine rings is 1. The summed E-state index contributed by atoms with van der Waals surface area (Å²) in [6.07, 6.45) is 24.7. The number of aromatic amines is 1. The maximum atomic E-state index is 13.1. The van der Waals surface area contributed by atoms with Crippen LogP contribution in [0.5, 0.6) is 5.75 Å². The van der Waals surface area contributed by atoms with Crippen molar-refractivity contribution in [3.63, 3.8) is 0 Å². The zero-order chi connectivity index (χ0) is 28.3. The normalized spacial score (nSPS) is 37.0. The van der Waals surface area contributed by atoms with Crippen molar-refractivity contribution in [3.8, 4) is 5.75 Å². The molecule has 0 saturated carbocycles. The molecule has 0 radical (unpaired) electrons. The first-order valence-corrected chi connectivity index (χ1v) is 16.4. The predicted octanol–water partition coefficient (Wildman–Crippen LogP) is 6.56. The van der Waals surface area contributed by atoms with E-state index in [0.29, 0.717) is 12.0 Å². The molecule has 6 nitrogen and oxygen atoms in total. The summed E-state index contributed by atoms with van der Waals surface area (Å²) in [7, 11) is 0. The first-order valence-electron chi connectivity index (χ1n) is 16.4. The summed E-state index contributed by atoms with van der Waals surface area (Å²) in [6, 6.07) is 8.24. The highest BCUT2D eigenvalue weighted by molar-refractivity contribution is 6.11. The van der Waals surface area contributed by atoms with Gasteiger partial charge in [0.05, 0.1) is 28.4 Å². The van der Waals surface area contributed by atoms with Gasteiger partial charge in [-0.05, 0) is 114 Å². The second-order valence-corrected chi connectivity index (χ2v) is 13.7. The lowest BCUT2D eigenvalue weighted by molar-refractivity contribution is -0.0894. The number of aromatic nitrogens is 2. The summed E-state index contributed by atoms with van der Waals surface area (Å²) in [4.78, 5) is 14.1. The number of rotatable bonds is 1. The fourth-order valence-electron chi connectivity index (χ4n) is 9.64. The van der Waals surface area contributed by atoms with Crippen LogP contribution in [-0.4, -0.2) is 73.8 Å². The van der Waals surface area contributed by atoms with Gasteiger partial charge in [-0.25, -0.2) is 0 Å². The quantitative estimate of drug-likeness (QED) is 0.292. The first kappa shape index (κ1) is 26.7. The van der Waals surface area contributed by atoms with E-state index in [4.69, 9.17) is 4.98 Å². The van der Waals surface area contributed by atoms with Crippen molar-refractivity contribution in [1.29, 1.82) is 0 Å². The molecule has 2 aromatic heterocycles. The lowest BCUT2D eigenvalue weighted by Crippen LogP contribution is -2.65. The van der Waals surface area contributed by atoms with Gasteiger partial charge in [0.2, 0.25) is 0 Å². The highest BCUT2D eigenvalue weighted by atomic mass is 16.3. The zero-order valence-corrected chi connectivity index (χ0v) is 24.6. The van der Waals surface area contributed by atoms with Crippen molar-refractivity contribution < 1.29 is 10.2 Å². The number of para-hydroxylation sites is 1. The van der Waals surface area contributed by atoms with Gasteiger partial charge in [-0.2, -0.15) is 0 Å². The number of nitrogens with one attached hydrogen (secondary N) is 1. The third-order valence-electron chi connectivity index (χ3n) is 11.3. The van der Waals surface area contributed by atoms with Gasteiger partial charge in [0.25, 0.3) is 0 Å². The van der Waals surface area contributed by atoms with Gasteiger partial charge in [0, 0.05) is 35.0 Å². The Bertz CT molecular complexity index is 1590. The van der Waals surface area contributed by atoms with Gasteiger partial charge < -0.3 is 20.1 Å². The average molecular weight is 565 g/mol. The number of phenolic OH excluding ortho intramolecular Hbond substituents is 1. The molecule has 2 fully saturated rings. The van der Waals surface area contributed by atoms with E-state index in [0.717, 1.165) is 92.2 Å². The lowest BCUT2D eigenvalue weighted by atomic mass is 9.54. The standard InChI is InChI=1S/C36H44N4O2/c41-30-14-11-13-26-27-15-18-37-32(33(27)38-31(26)30)28-23-36(42)17-8-4-1-2-5-9-19-39-21-16-29(28)35(24-39)22-25-12-7-3-6-10-20-40(25)34(35)36/h1,4,7,11-15,18,23,25,29,34,38,41-42H,2-3,5-6,8-10,16-17,19-22,24H2/b4-1-,12-7-/t25-,29-,34+,35-,36-/m1/s1. The summed E-state index contributed by atoms with van der Waals surface area (Å²) in [5, 5.41) is 25.9. The Hall–Kier alpha value is -2.93. The lowest BCUT2D eigenvalue weighted by Gasteiger charge is -2.58. The van der Waals surface area contributed by atoms with E-state index in [1.807, 2.05) is 12.3 Å². The molecule has 5 aliphatic rings. The Morgan fingerprint density at radius 1 is 0.905 bits per heavy atom. The summed E-state index contributed by atoms with van der Waals surface area (Å²) < 4.78 is 0. The second-order valence-electron chi connectivity index (χ2n) is 13.7. The SMILES string of the molecule is Oc1cccc2c1[nH]c1c(C3=C[C@]4(O)CC/C=C\CCCCN5CC[C@H]3[C@@]3(C[C@H]6/C=C\CCCCN6[C@@H]34)C5)nccc12. The van der Waals surface area contributed by atoms with Crippen LogP contribution in [0, 0.1) is 11.3 Å². The van der Waals surface area contributed by atoms with Gasteiger partial charge in [-0.1, -0.05) is 36.4 Å². The minimum atomic E-state index is -0.951. The van der Waals surface area contributed by atoms with E-state index in [1.165, 1.54) is 31.3 Å². The van der Waals surface area contributed by atoms with Crippen molar-refractivity contribution in [3.05, 3.63) is 66.5 Å². The fourth-order valence-corrected chi connectivity index (χ4v) is 9.64. The maximum absolute atomic E-state index is 13.1. The third-order valence-corrected chi connectivity index (χ3v) is 11.3. The molecule has 4 aliphatic heterocycles. The number of aliphatic hydroxyl groups is 1. The highest BCUT2D eigenvalue weighted by Gasteiger charge is 2.65. The van der Waals surface area contributed by atoms with E-state index in [-0.39, 0.29) is 17.2 Å². The number of pyridine rings is 1. The Labute approximate surface area is 248 Å². The van der Waals surface area contributed by atoms with Crippen molar-refractivity contribution in [2.24, 2.45) is 11.3 Å². The molecule has 42 heavy (non-hydrogen) atoms. The number of phenols is 1. The molecular weight excluding hydrogens is 520 g/mol. The number of aromatic hydroxyl groups is 1. The molecule has 2 saturated heterocycles. The molecule has 1 unspecified atom stereocenters. The van der Waals surface area contributed by atoms with Gasteiger partial charge in [-0.15, -0.1) is 0 Å². The van der Waals surface area contributed by atoms with E-state index in [2.05, 4.69) is 57.3 Å². The van der Waals surface area contributed by atoms with Crippen LogP contribution in [-0.2, 0) is 0 Å². The largest absolute Gasteiger partial charge is 0.506 e. The average Bonchev–Trinajstić information content (AvgIpc) is 3.50. The molecule has 1 aromatic carbocycles. The molecule has 8 rings (SSSR count). The summed E-state index contributed by atoms with van der Waals surface area (Å²) in [5.41, 5.74) is 2.89. The number of H-pyrrole nitrogens is 1. The zero-order valence-electron chi connectivity index (χ0n) is 24.6. The van der Waals surface area contributed by atoms with Crippen molar-refractivity contribution >= 4 is 27.4 Å². The minimum absolute atomic E-state index is 0.0494. The summed E-state index contributed by atoms with van der Waals surface area (Å²) >= 11 is 0. The van der Waals surface area contributed by atoms with Crippen LogP contribution in [0.1, 0.15) is 69.9 Å². The van der Waals surface area contributed by atoms with Gasteiger partial charge >= 0.3 is 0 Å². The molecule has 3 aromatic rings. The molecule has 3 N–H and O–H groups in total. The highest BCUT2D eigenvalue weighted by Crippen LogP contribution is 2.61. The molecule has 6 atom stereocenters. The van der Waals surface area contributed by atoms with Crippen LogP contribution in [0.2, 0.25) is 0 Å². The summed E-state index contributed by atoms with van der Waals surface area (Å²) in [6.45, 7) is 4.33. The van der Waals surface area contributed by atoms with Gasteiger partial charge in [0.15, 0.2) is 0 Å². The van der Waals surface area contributed by atoms with E-state index >= 15 is 0 Å². The number of nitrogens with zero attached hydrogens (tertiary/aromatic N) is 3. The monoisotopic (exact) mass is 564 g/mol. The Morgan fingerprint density at radius 3 is 2.67 bits per heavy atom. The molecule has 0 amide bonds. The molecule has 1 aliphatic carbocycles. The maximum Gasteiger partial charge on any atom is 0.139 e. The van der Waals surface area contributed by atoms with Crippen LogP contribution >= 0.6 is 0 Å². The second kappa shape index (κ2) is 10.4. The van der Waals surface area contributed by atoms with Crippen molar-refractivity contribution in [1.82, 2.24) is 19.8 Å². The number of allylic oxidation sites excluding steroid dienone is 4. The van der Waals surface area contributed by atoms with Gasteiger partial charge in [-0.3, -0.25) is 9.88 Å². The molecule has 6 heteroatoms. The van der Waals surface area contributed by atoms with Crippen LogP contribution in [0.4, 0.5) is 0 Å². The number of hydrogen-bond donors (Lipinski definition) is 3. The number of benzene rings is 1. The Kier molecular flexibility index (Phi) is 6.58. The topological polar surface area (TPSA) is 75.6 Å². The van der Waals surface area contributed by atoms with Crippen LogP contribution in [0.25, 0.3) is 27.4 Å². The predicted molar refractivity (Wildman–Crippen MR) is 169 cm³/mol. The molecular formula is C36H44N4O2. The molecule has 1 spiro atoms. The van der Waals surface area contributed by atoms with Crippen LogP contribution < -0.4 is 0 Å². The first-order chi connectivity index (χ1) is 20.6. The third kappa shape index (κ3) is 4.13. The summed E-state index contributed by atoms with van der Waals surface area (Å²) in [5.74, 6) is 0.581. The van der Waals surface area contributed by atoms with Crippen LogP contribution in [0.3, 0.4) is 0 Å². The molecule has 6 heterocycles. The van der Waals surface area contributed by atoms with E-state index in [1.54, 1.807) is 6.07 Å². The fraction of sp³-hybridized carbons (Fsp3) is 0.528. The smallest absolute Gasteiger partial charge is 0.139 e. The van der Waals surface area contributed by atoms with E-state index < -0.39 is 5.60 Å². The molecule has 3 bridgehead atoms. The Morgan fingerprint density at radius 2 is 1.74 bits per heavy atom. The van der Waals surface area contributed by atoms with Crippen LogP contribution in [0.15, 0.2) is 60.8 Å². The number of fused-ring (bicyclic) bond motifs is 5. The van der Waals surface area contributed by atoms with Gasteiger partial charge in [0.1, 0.15) is 5.75 Å². The van der Waals surface area contributed by atoms with Crippen molar-refractivity contribution in [2.75, 3.05) is 26.2 Å². The van der Waals surface area contributed by atoms with Crippen molar-refractivity contribution in [2.45, 2.75) is 81.9 Å². The molecule has 220 valence electrons. The number of hydrogen-bond acceptors (Lipinski definition) is 5. The van der Waals surface area contributed by atoms with E-state index in [9.17, 15) is 10.2 Å². The minimum Gasteiger partial charge on any atom is -0.506 e.